The summed E-state index contributed by atoms with van der Waals surface area (Å²) in [5.74, 6) is 1.00. The lowest BCUT2D eigenvalue weighted by Crippen LogP contribution is -2.41. The maximum Gasteiger partial charge on any atom is 0.223 e. The van der Waals surface area contributed by atoms with E-state index in [0.717, 1.165) is 19.5 Å². The van der Waals surface area contributed by atoms with Gasteiger partial charge in [0.1, 0.15) is 0 Å². The molecule has 0 spiro atoms. The van der Waals surface area contributed by atoms with Gasteiger partial charge in [0.15, 0.2) is 5.82 Å². The van der Waals surface area contributed by atoms with E-state index in [1.54, 1.807) is 29.6 Å². The number of aromatic nitrogens is 4. The first kappa shape index (κ1) is 17.6. The third kappa shape index (κ3) is 4.64. The quantitative estimate of drug-likeness (QED) is 0.755. The van der Waals surface area contributed by atoms with Crippen LogP contribution >= 0.6 is 0 Å². The average molecular weight is 348 g/mol. The number of amides is 1. The zero-order valence-electron chi connectivity index (χ0n) is 14.6. The molecule has 3 heterocycles. The van der Waals surface area contributed by atoms with Gasteiger partial charge in [0.05, 0.1) is 19.2 Å². The van der Waals surface area contributed by atoms with Crippen LogP contribution in [0.1, 0.15) is 25.1 Å². The molecule has 9 heteroatoms. The van der Waals surface area contributed by atoms with Gasteiger partial charge in [-0.25, -0.2) is 0 Å². The van der Waals surface area contributed by atoms with Gasteiger partial charge in [-0.2, -0.15) is 10.1 Å². The number of likely N-dealkylation sites (tertiary alicyclic amines) is 1. The van der Waals surface area contributed by atoms with Gasteiger partial charge in [0, 0.05) is 51.9 Å². The number of aliphatic hydroxyl groups excluding tert-OH is 1. The third-order valence-electron chi connectivity index (χ3n) is 4.40. The SMILES string of the molecule is CC(=O)N(Cc1noc(C)n1)[C@H]1CCN(C[C@@H](O)Cn2cccn2)C1. The molecule has 0 saturated carbocycles. The summed E-state index contributed by atoms with van der Waals surface area (Å²) in [7, 11) is 0. The Hall–Kier alpha value is -2.26. The van der Waals surface area contributed by atoms with Crippen LogP contribution in [0.4, 0.5) is 0 Å². The second-order valence-corrected chi connectivity index (χ2v) is 6.46. The fourth-order valence-corrected chi connectivity index (χ4v) is 3.27. The van der Waals surface area contributed by atoms with E-state index in [0.29, 0.717) is 31.3 Å². The van der Waals surface area contributed by atoms with Crippen molar-refractivity contribution in [2.45, 2.75) is 45.5 Å². The van der Waals surface area contributed by atoms with Crippen LogP contribution < -0.4 is 0 Å². The zero-order valence-corrected chi connectivity index (χ0v) is 14.6. The first-order valence-electron chi connectivity index (χ1n) is 8.45. The van der Waals surface area contributed by atoms with Crippen molar-refractivity contribution in [2.24, 2.45) is 0 Å². The predicted molar refractivity (Wildman–Crippen MR) is 88.3 cm³/mol. The number of nitrogens with zero attached hydrogens (tertiary/aromatic N) is 6. The fraction of sp³-hybridized carbons (Fsp3) is 0.625. The van der Waals surface area contributed by atoms with E-state index >= 15 is 0 Å². The predicted octanol–water partition coefficient (Wildman–Crippen LogP) is 0.0584. The van der Waals surface area contributed by atoms with Crippen LogP contribution in [0, 0.1) is 6.92 Å². The molecule has 0 aromatic carbocycles. The second-order valence-electron chi connectivity index (χ2n) is 6.46. The van der Waals surface area contributed by atoms with Crippen molar-refractivity contribution in [3.8, 4) is 0 Å². The molecule has 0 unspecified atom stereocenters. The Balaban J connectivity index is 1.53. The molecule has 1 fully saturated rings. The first-order chi connectivity index (χ1) is 12.0. The molecule has 1 saturated heterocycles. The highest BCUT2D eigenvalue weighted by molar-refractivity contribution is 5.73. The minimum Gasteiger partial charge on any atom is -0.390 e. The summed E-state index contributed by atoms with van der Waals surface area (Å²) in [6, 6.07) is 1.93. The van der Waals surface area contributed by atoms with E-state index in [-0.39, 0.29) is 11.9 Å². The van der Waals surface area contributed by atoms with Gasteiger partial charge >= 0.3 is 0 Å². The number of hydrogen-bond acceptors (Lipinski definition) is 7. The number of aliphatic hydroxyl groups is 1. The van der Waals surface area contributed by atoms with Crippen molar-refractivity contribution in [1.29, 1.82) is 0 Å². The Morgan fingerprint density at radius 1 is 1.52 bits per heavy atom. The van der Waals surface area contributed by atoms with Crippen LogP contribution in [0.15, 0.2) is 23.0 Å². The lowest BCUT2D eigenvalue weighted by molar-refractivity contribution is -0.131. The second kappa shape index (κ2) is 7.75. The Kier molecular flexibility index (Phi) is 5.44. The Labute approximate surface area is 146 Å². The summed E-state index contributed by atoms with van der Waals surface area (Å²) in [6.45, 7) is 6.23. The number of carbonyl (C=O) groups excluding carboxylic acids is 1. The first-order valence-corrected chi connectivity index (χ1v) is 8.45. The molecule has 2 aromatic heterocycles. The summed E-state index contributed by atoms with van der Waals surface area (Å²) < 4.78 is 6.70. The smallest absolute Gasteiger partial charge is 0.223 e. The van der Waals surface area contributed by atoms with Crippen LogP contribution in [-0.4, -0.2) is 72.5 Å². The molecule has 1 amide bonds. The Bertz CT molecular complexity index is 686. The molecule has 1 aliphatic rings. The summed E-state index contributed by atoms with van der Waals surface area (Å²) in [5, 5.41) is 18.2. The van der Waals surface area contributed by atoms with E-state index < -0.39 is 6.10 Å². The molecular formula is C16H24N6O3. The lowest BCUT2D eigenvalue weighted by atomic mass is 10.2. The van der Waals surface area contributed by atoms with Crippen LogP contribution in [0.2, 0.25) is 0 Å². The molecule has 3 rings (SSSR count). The van der Waals surface area contributed by atoms with Crippen molar-refractivity contribution < 1.29 is 14.4 Å². The molecule has 0 aliphatic carbocycles. The summed E-state index contributed by atoms with van der Waals surface area (Å²) in [6.07, 6.45) is 3.90. The Morgan fingerprint density at radius 3 is 3.00 bits per heavy atom. The third-order valence-corrected chi connectivity index (χ3v) is 4.40. The van der Waals surface area contributed by atoms with Crippen LogP contribution in [0.5, 0.6) is 0 Å². The number of carbonyl (C=O) groups is 1. The maximum absolute atomic E-state index is 12.0. The topological polar surface area (TPSA) is 101 Å². The highest BCUT2D eigenvalue weighted by Gasteiger charge is 2.31. The van der Waals surface area contributed by atoms with Crippen LogP contribution in [0.3, 0.4) is 0 Å². The van der Waals surface area contributed by atoms with Crippen molar-refractivity contribution >= 4 is 5.91 Å². The summed E-state index contributed by atoms with van der Waals surface area (Å²) in [4.78, 5) is 20.2. The fourth-order valence-electron chi connectivity index (χ4n) is 3.27. The van der Waals surface area contributed by atoms with Gasteiger partial charge in [0.2, 0.25) is 11.8 Å². The van der Waals surface area contributed by atoms with Gasteiger partial charge in [-0.15, -0.1) is 0 Å². The zero-order chi connectivity index (χ0) is 17.8. The highest BCUT2D eigenvalue weighted by Crippen LogP contribution is 2.18. The minimum absolute atomic E-state index is 0.00797. The standard InChI is InChI=1S/C16H24N6O3/c1-12-18-16(19-25-12)11-22(13(2)23)14-4-7-20(8-14)9-15(24)10-21-6-3-5-17-21/h3,5-6,14-15,24H,4,7-11H2,1-2H3/t14-,15+/m0/s1. The lowest BCUT2D eigenvalue weighted by Gasteiger charge is -2.27. The molecule has 25 heavy (non-hydrogen) atoms. The van der Waals surface area contributed by atoms with E-state index in [2.05, 4.69) is 20.1 Å². The number of aryl methyl sites for hydroxylation is 1. The molecular weight excluding hydrogens is 324 g/mol. The summed E-state index contributed by atoms with van der Waals surface area (Å²) in [5.41, 5.74) is 0. The van der Waals surface area contributed by atoms with Crippen molar-refractivity contribution in [3.05, 3.63) is 30.2 Å². The normalized spacial score (nSPS) is 19.2. The van der Waals surface area contributed by atoms with E-state index in [1.807, 2.05) is 12.3 Å². The van der Waals surface area contributed by atoms with Crippen molar-refractivity contribution in [1.82, 2.24) is 29.7 Å². The van der Waals surface area contributed by atoms with E-state index in [4.69, 9.17) is 4.52 Å². The average Bonchev–Trinajstić information content (AvgIpc) is 3.27. The maximum atomic E-state index is 12.0. The molecule has 0 bridgehead atoms. The molecule has 9 nitrogen and oxygen atoms in total. The number of rotatable bonds is 7. The molecule has 2 atom stereocenters. The number of β-amino-alcohol motifs (C(OH)–C–C–N with tert-alkyl or cyclic N) is 1. The van der Waals surface area contributed by atoms with Crippen LogP contribution in [0.25, 0.3) is 0 Å². The molecule has 0 radical (unpaired) electrons. The van der Waals surface area contributed by atoms with Crippen molar-refractivity contribution in [3.63, 3.8) is 0 Å². The molecule has 2 aromatic rings. The van der Waals surface area contributed by atoms with Gasteiger partial charge in [-0.3, -0.25) is 14.4 Å². The van der Waals surface area contributed by atoms with Crippen molar-refractivity contribution in [2.75, 3.05) is 19.6 Å². The van der Waals surface area contributed by atoms with Gasteiger partial charge in [0.25, 0.3) is 0 Å². The highest BCUT2D eigenvalue weighted by atomic mass is 16.5. The minimum atomic E-state index is -0.496. The van der Waals surface area contributed by atoms with Gasteiger partial charge in [-0.05, 0) is 12.5 Å². The van der Waals surface area contributed by atoms with Gasteiger partial charge < -0.3 is 14.5 Å². The van der Waals surface area contributed by atoms with Gasteiger partial charge in [-0.1, -0.05) is 5.16 Å². The van der Waals surface area contributed by atoms with Crippen LogP contribution in [-0.2, 0) is 17.9 Å². The number of hydrogen-bond donors (Lipinski definition) is 1. The monoisotopic (exact) mass is 348 g/mol. The Morgan fingerprint density at radius 2 is 2.36 bits per heavy atom. The summed E-state index contributed by atoms with van der Waals surface area (Å²) >= 11 is 0. The largest absolute Gasteiger partial charge is 0.390 e. The van der Waals surface area contributed by atoms with E-state index in [1.165, 1.54) is 0 Å². The molecule has 1 N–H and O–H groups in total. The van der Waals surface area contributed by atoms with E-state index in [9.17, 15) is 9.90 Å². The molecule has 1 aliphatic heterocycles. The molecule has 136 valence electrons.